The Bertz CT molecular complexity index is 415. The molecule has 0 bridgehead atoms. The number of hydrogen-bond acceptors (Lipinski definition) is 4. The minimum Gasteiger partial charge on any atom is -0.495 e. The summed E-state index contributed by atoms with van der Waals surface area (Å²) in [7, 11) is 1.54. The minimum absolute atomic E-state index is 0.203. The van der Waals surface area contributed by atoms with Gasteiger partial charge in [-0.05, 0) is 36.6 Å². The number of hydrogen-bond donors (Lipinski definition) is 2. The van der Waals surface area contributed by atoms with Crippen LogP contribution in [-0.4, -0.2) is 31.1 Å². The number of benzene rings is 1. The van der Waals surface area contributed by atoms with Gasteiger partial charge in [0.15, 0.2) is 0 Å². The second-order valence-electron chi connectivity index (χ2n) is 3.73. The summed E-state index contributed by atoms with van der Waals surface area (Å²) in [5.41, 5.74) is 6.38. The maximum Gasteiger partial charge on any atom is 0.241 e. The lowest BCUT2D eigenvalue weighted by atomic mass is 10.2. The Morgan fingerprint density at radius 1 is 1.61 bits per heavy atom. The SMILES string of the molecule is COc1ccc(NC(=O)[C@H](N)CCSC)cc1Cl. The van der Waals surface area contributed by atoms with Gasteiger partial charge in [0.1, 0.15) is 5.75 Å². The number of rotatable bonds is 6. The van der Waals surface area contributed by atoms with Gasteiger partial charge < -0.3 is 15.8 Å². The molecule has 0 saturated carbocycles. The quantitative estimate of drug-likeness (QED) is 0.843. The molecular weight excluding hydrogens is 272 g/mol. The van der Waals surface area contributed by atoms with E-state index in [4.69, 9.17) is 22.1 Å². The molecule has 1 rings (SSSR count). The first-order chi connectivity index (χ1) is 8.58. The number of ether oxygens (including phenoxy) is 1. The van der Waals surface area contributed by atoms with Crippen molar-refractivity contribution < 1.29 is 9.53 Å². The molecule has 3 N–H and O–H groups in total. The standard InChI is InChI=1S/C12H17ClN2O2S/c1-17-11-4-3-8(7-9(11)13)15-12(16)10(14)5-6-18-2/h3-4,7,10H,5-6,14H2,1-2H3,(H,15,16)/t10-/m1/s1. The Balaban J connectivity index is 2.61. The Labute approximate surface area is 116 Å². The van der Waals surface area contributed by atoms with Crippen LogP contribution >= 0.6 is 23.4 Å². The van der Waals surface area contributed by atoms with Gasteiger partial charge in [0.2, 0.25) is 5.91 Å². The molecule has 0 aromatic heterocycles. The van der Waals surface area contributed by atoms with Crippen molar-refractivity contribution in [3.63, 3.8) is 0 Å². The Morgan fingerprint density at radius 2 is 2.33 bits per heavy atom. The van der Waals surface area contributed by atoms with Crippen LogP contribution in [0.4, 0.5) is 5.69 Å². The van der Waals surface area contributed by atoms with Crippen molar-refractivity contribution in [3.05, 3.63) is 23.2 Å². The summed E-state index contributed by atoms with van der Waals surface area (Å²) in [5.74, 6) is 1.23. The smallest absolute Gasteiger partial charge is 0.241 e. The van der Waals surface area contributed by atoms with E-state index in [0.29, 0.717) is 22.9 Å². The van der Waals surface area contributed by atoms with E-state index in [0.717, 1.165) is 5.75 Å². The fourth-order valence-corrected chi connectivity index (χ4v) is 2.10. The van der Waals surface area contributed by atoms with Gasteiger partial charge in [-0.3, -0.25) is 4.79 Å². The first-order valence-electron chi connectivity index (χ1n) is 5.47. The van der Waals surface area contributed by atoms with Crippen LogP contribution in [0.15, 0.2) is 18.2 Å². The van der Waals surface area contributed by atoms with E-state index in [2.05, 4.69) is 5.32 Å². The molecule has 1 aromatic carbocycles. The normalized spacial score (nSPS) is 12.0. The first kappa shape index (κ1) is 15.1. The van der Waals surface area contributed by atoms with Gasteiger partial charge in [0, 0.05) is 5.69 Å². The van der Waals surface area contributed by atoms with Crippen molar-refractivity contribution in [2.24, 2.45) is 5.73 Å². The molecule has 6 heteroatoms. The molecule has 100 valence electrons. The predicted octanol–water partition coefficient (Wildman–Crippen LogP) is 2.37. The highest BCUT2D eigenvalue weighted by Gasteiger charge is 2.13. The van der Waals surface area contributed by atoms with E-state index in [1.165, 1.54) is 7.11 Å². The maximum atomic E-state index is 11.8. The number of methoxy groups -OCH3 is 1. The molecule has 18 heavy (non-hydrogen) atoms. The molecule has 1 amide bonds. The summed E-state index contributed by atoms with van der Waals surface area (Å²) in [6.07, 6.45) is 2.63. The molecule has 4 nitrogen and oxygen atoms in total. The number of halogens is 1. The lowest BCUT2D eigenvalue weighted by Gasteiger charge is -2.12. The first-order valence-corrected chi connectivity index (χ1v) is 7.24. The Kier molecular flexibility index (Phi) is 6.32. The molecule has 0 unspecified atom stereocenters. The monoisotopic (exact) mass is 288 g/mol. The number of carbonyl (C=O) groups is 1. The Hall–Kier alpha value is -0.910. The van der Waals surface area contributed by atoms with Crippen molar-refractivity contribution in [1.82, 2.24) is 0 Å². The molecular formula is C12H17ClN2O2S. The van der Waals surface area contributed by atoms with Crippen LogP contribution < -0.4 is 15.8 Å². The molecule has 0 aliphatic heterocycles. The number of nitrogens with two attached hydrogens (primary N) is 1. The Morgan fingerprint density at radius 3 is 2.89 bits per heavy atom. The van der Waals surface area contributed by atoms with E-state index in [1.54, 1.807) is 30.0 Å². The van der Waals surface area contributed by atoms with Gasteiger partial charge in [-0.25, -0.2) is 0 Å². The van der Waals surface area contributed by atoms with Crippen LogP contribution in [0.3, 0.4) is 0 Å². The summed E-state index contributed by atoms with van der Waals surface area (Å²) in [5, 5.41) is 3.18. The number of amides is 1. The summed E-state index contributed by atoms with van der Waals surface area (Å²) < 4.78 is 5.03. The van der Waals surface area contributed by atoms with E-state index < -0.39 is 6.04 Å². The molecule has 1 aromatic rings. The number of carbonyl (C=O) groups excluding carboxylic acids is 1. The third-order valence-corrected chi connectivity index (χ3v) is 3.33. The van der Waals surface area contributed by atoms with Crippen molar-refractivity contribution in [1.29, 1.82) is 0 Å². The summed E-state index contributed by atoms with van der Waals surface area (Å²) in [6.45, 7) is 0. The van der Waals surface area contributed by atoms with Crippen molar-refractivity contribution in [2.75, 3.05) is 24.4 Å². The van der Waals surface area contributed by atoms with Gasteiger partial charge in [-0.15, -0.1) is 0 Å². The lowest BCUT2D eigenvalue weighted by molar-refractivity contribution is -0.117. The highest BCUT2D eigenvalue weighted by Crippen LogP contribution is 2.27. The number of anilines is 1. The van der Waals surface area contributed by atoms with Gasteiger partial charge in [-0.2, -0.15) is 11.8 Å². The van der Waals surface area contributed by atoms with E-state index >= 15 is 0 Å². The number of thioether (sulfide) groups is 1. The van der Waals surface area contributed by atoms with E-state index in [9.17, 15) is 4.79 Å². The third kappa shape index (κ3) is 4.40. The zero-order valence-electron chi connectivity index (χ0n) is 10.4. The summed E-state index contributed by atoms with van der Waals surface area (Å²) >= 11 is 7.63. The molecule has 0 aliphatic carbocycles. The second-order valence-corrected chi connectivity index (χ2v) is 5.12. The van der Waals surface area contributed by atoms with E-state index in [1.807, 2.05) is 6.26 Å². The van der Waals surface area contributed by atoms with Gasteiger partial charge in [0.05, 0.1) is 18.2 Å². The van der Waals surface area contributed by atoms with Gasteiger partial charge >= 0.3 is 0 Å². The summed E-state index contributed by atoms with van der Waals surface area (Å²) in [4.78, 5) is 11.8. The summed E-state index contributed by atoms with van der Waals surface area (Å²) in [6, 6.07) is 4.56. The van der Waals surface area contributed by atoms with Crippen LogP contribution in [0.1, 0.15) is 6.42 Å². The highest BCUT2D eigenvalue weighted by atomic mass is 35.5. The maximum absolute atomic E-state index is 11.8. The minimum atomic E-state index is -0.502. The van der Waals surface area contributed by atoms with Crippen LogP contribution in [0.2, 0.25) is 5.02 Å². The van der Waals surface area contributed by atoms with Crippen LogP contribution in [0, 0.1) is 0 Å². The van der Waals surface area contributed by atoms with Crippen molar-refractivity contribution in [2.45, 2.75) is 12.5 Å². The zero-order chi connectivity index (χ0) is 13.5. The fraction of sp³-hybridized carbons (Fsp3) is 0.417. The van der Waals surface area contributed by atoms with E-state index in [-0.39, 0.29) is 5.91 Å². The lowest BCUT2D eigenvalue weighted by Crippen LogP contribution is -2.36. The third-order valence-electron chi connectivity index (χ3n) is 2.39. The molecule has 0 spiro atoms. The molecule has 0 heterocycles. The molecule has 0 aliphatic rings. The zero-order valence-corrected chi connectivity index (χ0v) is 12.0. The molecule has 0 radical (unpaired) electrons. The van der Waals surface area contributed by atoms with Crippen molar-refractivity contribution >= 4 is 35.0 Å². The van der Waals surface area contributed by atoms with Crippen LogP contribution in [-0.2, 0) is 4.79 Å². The average molecular weight is 289 g/mol. The highest BCUT2D eigenvalue weighted by molar-refractivity contribution is 7.98. The largest absolute Gasteiger partial charge is 0.495 e. The second kappa shape index (κ2) is 7.51. The van der Waals surface area contributed by atoms with Gasteiger partial charge in [-0.1, -0.05) is 11.6 Å². The topological polar surface area (TPSA) is 64.3 Å². The molecule has 0 saturated heterocycles. The predicted molar refractivity (Wildman–Crippen MR) is 77.6 cm³/mol. The van der Waals surface area contributed by atoms with Gasteiger partial charge in [0.25, 0.3) is 0 Å². The average Bonchev–Trinajstić information content (AvgIpc) is 2.36. The van der Waals surface area contributed by atoms with Crippen LogP contribution in [0.5, 0.6) is 5.75 Å². The number of nitrogens with one attached hydrogen (secondary N) is 1. The van der Waals surface area contributed by atoms with Crippen LogP contribution in [0.25, 0.3) is 0 Å². The van der Waals surface area contributed by atoms with Crippen molar-refractivity contribution in [3.8, 4) is 5.75 Å². The molecule has 1 atom stereocenters. The fourth-order valence-electron chi connectivity index (χ4n) is 1.36. The molecule has 0 fully saturated rings.